The maximum Gasteiger partial charge on any atom is 0.303 e. The first-order valence-electron chi connectivity index (χ1n) is 13.7. The van der Waals surface area contributed by atoms with Crippen LogP contribution < -0.4 is 0 Å². The van der Waals surface area contributed by atoms with E-state index in [1.54, 1.807) is 23.5 Å². The summed E-state index contributed by atoms with van der Waals surface area (Å²) in [5.41, 5.74) is 3.51. The molecule has 4 rings (SSSR count). The molecule has 1 aromatic heterocycles. The van der Waals surface area contributed by atoms with Crippen molar-refractivity contribution in [3.63, 3.8) is 0 Å². The smallest absolute Gasteiger partial charge is 0.303 e. The summed E-state index contributed by atoms with van der Waals surface area (Å²) < 4.78 is 41.6. The molecule has 5 atom stereocenters. The molecule has 0 saturated carbocycles. The molecule has 2 heterocycles. The molecule has 0 radical (unpaired) electrons. The van der Waals surface area contributed by atoms with Gasteiger partial charge in [0.15, 0.2) is 18.3 Å². The Morgan fingerprint density at radius 1 is 0.791 bits per heavy atom. The van der Waals surface area contributed by atoms with Gasteiger partial charge in [-0.2, -0.15) is 0 Å². The van der Waals surface area contributed by atoms with Crippen LogP contribution in [0.2, 0.25) is 0 Å². The second-order valence-electron chi connectivity index (χ2n) is 10.3. The van der Waals surface area contributed by atoms with Crippen molar-refractivity contribution in [3.05, 3.63) is 82.0 Å². The van der Waals surface area contributed by atoms with Crippen LogP contribution in [0.5, 0.6) is 0 Å². The van der Waals surface area contributed by atoms with E-state index in [0.717, 1.165) is 26.4 Å². The summed E-state index contributed by atoms with van der Waals surface area (Å²) in [5.74, 6) is -2.91. The molecule has 0 amide bonds. The van der Waals surface area contributed by atoms with Crippen LogP contribution in [0.1, 0.15) is 55.4 Å². The third kappa shape index (κ3) is 8.26. The van der Waals surface area contributed by atoms with Crippen molar-refractivity contribution in [1.29, 1.82) is 0 Å². The standard InChI is InChI=1S/C32H33FO9S/c1-17-6-7-23(14-24(17)15-26-12-13-28(43-26)22-8-10-25(33)11-9-22)29-31(40-20(4)36)32(41-21(5)37)30(39-19(3)35)27(42-29)16-38-18(2)34/h6-14,27,29-32H,15-16H2,1-5H3/t27?,29?,30-,31+,32?/m1/s1. The molecule has 1 saturated heterocycles. The Kier molecular flexibility index (Phi) is 10.3. The van der Waals surface area contributed by atoms with Crippen LogP contribution in [-0.2, 0) is 49.3 Å². The van der Waals surface area contributed by atoms with Crippen LogP contribution in [0.25, 0.3) is 10.4 Å². The predicted molar refractivity (Wildman–Crippen MR) is 155 cm³/mol. The molecule has 0 aliphatic carbocycles. The average Bonchev–Trinajstić information content (AvgIpc) is 3.39. The molecule has 228 valence electrons. The third-order valence-corrected chi connectivity index (χ3v) is 7.98. The third-order valence-electron chi connectivity index (χ3n) is 6.85. The van der Waals surface area contributed by atoms with Crippen molar-refractivity contribution in [2.75, 3.05) is 6.61 Å². The van der Waals surface area contributed by atoms with Crippen molar-refractivity contribution < 1.29 is 47.3 Å². The second-order valence-corrected chi connectivity index (χ2v) is 11.4. The monoisotopic (exact) mass is 612 g/mol. The summed E-state index contributed by atoms with van der Waals surface area (Å²) in [4.78, 5) is 50.1. The quantitative estimate of drug-likeness (QED) is 0.236. The number of halogens is 1. The summed E-state index contributed by atoms with van der Waals surface area (Å²) in [6.45, 7) is 6.48. The Morgan fingerprint density at radius 3 is 2.05 bits per heavy atom. The molecule has 1 fully saturated rings. The van der Waals surface area contributed by atoms with Crippen LogP contribution in [0, 0.1) is 12.7 Å². The number of carbonyl (C=O) groups excluding carboxylic acids is 4. The van der Waals surface area contributed by atoms with Crippen molar-refractivity contribution in [3.8, 4) is 10.4 Å². The van der Waals surface area contributed by atoms with Crippen LogP contribution in [0.15, 0.2) is 54.6 Å². The van der Waals surface area contributed by atoms with Crippen LogP contribution in [0.3, 0.4) is 0 Å². The number of thiophene rings is 1. The largest absolute Gasteiger partial charge is 0.463 e. The lowest BCUT2D eigenvalue weighted by Crippen LogP contribution is -2.59. The minimum atomic E-state index is -1.25. The van der Waals surface area contributed by atoms with Gasteiger partial charge in [0.2, 0.25) is 0 Å². The molecular weight excluding hydrogens is 579 g/mol. The molecule has 11 heteroatoms. The first-order valence-corrected chi connectivity index (χ1v) is 14.5. The summed E-state index contributed by atoms with van der Waals surface area (Å²) in [6.07, 6.45) is -5.06. The summed E-state index contributed by atoms with van der Waals surface area (Å²) in [7, 11) is 0. The van der Waals surface area contributed by atoms with E-state index in [1.807, 2.05) is 37.3 Å². The number of esters is 4. The fourth-order valence-electron chi connectivity index (χ4n) is 4.99. The SMILES string of the molecule is CC(=O)OCC1OC(c2ccc(C)c(Cc3ccc(-c4ccc(F)cc4)s3)c2)[C@H](OC(C)=O)C(OC(C)=O)[C@@H]1OC(C)=O. The first-order chi connectivity index (χ1) is 20.4. The number of carbonyl (C=O) groups is 4. The highest BCUT2D eigenvalue weighted by atomic mass is 32.1. The highest BCUT2D eigenvalue weighted by Gasteiger charge is 2.52. The molecule has 0 spiro atoms. The van der Waals surface area contributed by atoms with E-state index in [4.69, 9.17) is 23.7 Å². The Morgan fingerprint density at radius 2 is 1.42 bits per heavy atom. The van der Waals surface area contributed by atoms with Crippen LogP contribution >= 0.6 is 11.3 Å². The average molecular weight is 613 g/mol. The number of aryl methyl sites for hydroxylation is 1. The molecule has 0 bridgehead atoms. The molecule has 2 aromatic carbocycles. The maximum atomic E-state index is 13.4. The van der Waals surface area contributed by atoms with Gasteiger partial charge in [0.25, 0.3) is 0 Å². The van der Waals surface area contributed by atoms with Crippen molar-refractivity contribution in [1.82, 2.24) is 0 Å². The van der Waals surface area contributed by atoms with E-state index < -0.39 is 54.4 Å². The molecule has 0 N–H and O–H groups in total. The first kappa shape index (κ1) is 31.8. The van der Waals surface area contributed by atoms with Crippen molar-refractivity contribution in [2.45, 2.75) is 71.6 Å². The Balaban J connectivity index is 1.70. The summed E-state index contributed by atoms with van der Waals surface area (Å²) in [5, 5.41) is 0. The molecule has 3 aromatic rings. The van der Waals surface area contributed by atoms with E-state index in [0.29, 0.717) is 12.0 Å². The highest BCUT2D eigenvalue weighted by molar-refractivity contribution is 7.15. The van der Waals surface area contributed by atoms with Gasteiger partial charge < -0.3 is 23.7 Å². The van der Waals surface area contributed by atoms with Gasteiger partial charge in [0.05, 0.1) is 0 Å². The lowest BCUT2D eigenvalue weighted by molar-refractivity contribution is -0.254. The number of benzene rings is 2. The molecule has 1 aliphatic rings. The zero-order chi connectivity index (χ0) is 31.3. The zero-order valence-corrected chi connectivity index (χ0v) is 25.3. The van der Waals surface area contributed by atoms with Gasteiger partial charge in [-0.05, 0) is 53.4 Å². The van der Waals surface area contributed by atoms with Crippen molar-refractivity contribution >= 4 is 35.2 Å². The van der Waals surface area contributed by atoms with E-state index in [1.165, 1.54) is 39.8 Å². The van der Waals surface area contributed by atoms with Gasteiger partial charge in [0, 0.05) is 43.9 Å². The number of rotatable bonds is 9. The van der Waals surface area contributed by atoms with Gasteiger partial charge >= 0.3 is 23.9 Å². The number of hydrogen-bond acceptors (Lipinski definition) is 10. The van der Waals surface area contributed by atoms with Gasteiger partial charge in [-0.25, -0.2) is 4.39 Å². The molecule has 1 aliphatic heterocycles. The minimum absolute atomic E-state index is 0.296. The van der Waals surface area contributed by atoms with Crippen molar-refractivity contribution in [2.24, 2.45) is 0 Å². The lowest BCUT2D eigenvalue weighted by Gasteiger charge is -2.44. The van der Waals surface area contributed by atoms with E-state index >= 15 is 0 Å². The fourth-order valence-corrected chi connectivity index (χ4v) is 6.02. The Labute approximate surface area is 252 Å². The predicted octanol–water partition coefficient (Wildman–Crippen LogP) is 5.25. The maximum absolute atomic E-state index is 13.4. The molecular formula is C32H33FO9S. The second kappa shape index (κ2) is 13.9. The number of ether oxygens (including phenoxy) is 5. The lowest BCUT2D eigenvalue weighted by atomic mass is 9.88. The van der Waals surface area contributed by atoms with Crippen LogP contribution in [-0.4, -0.2) is 54.9 Å². The van der Waals surface area contributed by atoms with E-state index in [2.05, 4.69) is 0 Å². The topological polar surface area (TPSA) is 114 Å². The van der Waals surface area contributed by atoms with Gasteiger partial charge in [0.1, 0.15) is 24.6 Å². The van der Waals surface area contributed by atoms with Gasteiger partial charge in [-0.1, -0.05) is 30.3 Å². The highest BCUT2D eigenvalue weighted by Crippen LogP contribution is 2.39. The molecule has 9 nitrogen and oxygen atoms in total. The molecule has 3 unspecified atom stereocenters. The minimum Gasteiger partial charge on any atom is -0.463 e. The van der Waals surface area contributed by atoms with Gasteiger partial charge in [-0.15, -0.1) is 11.3 Å². The molecule has 43 heavy (non-hydrogen) atoms. The zero-order valence-electron chi connectivity index (χ0n) is 24.5. The fraction of sp³-hybridized carbons (Fsp3) is 0.375. The van der Waals surface area contributed by atoms with E-state index in [9.17, 15) is 23.6 Å². The van der Waals surface area contributed by atoms with E-state index in [-0.39, 0.29) is 12.4 Å². The number of hydrogen-bond donors (Lipinski definition) is 0. The van der Waals surface area contributed by atoms with Crippen LogP contribution in [0.4, 0.5) is 4.39 Å². The van der Waals surface area contributed by atoms with Gasteiger partial charge in [-0.3, -0.25) is 19.2 Å². The Bertz CT molecular complexity index is 1480. The normalized spacial score (nSPS) is 21.5. The summed E-state index contributed by atoms with van der Waals surface area (Å²) >= 11 is 1.59. The summed E-state index contributed by atoms with van der Waals surface area (Å²) in [6, 6.07) is 16.0. The Hall–Kier alpha value is -4.09.